The van der Waals surface area contributed by atoms with Gasteiger partial charge in [-0.15, -0.1) is 0 Å². The number of amides is 2. The van der Waals surface area contributed by atoms with Gasteiger partial charge in [-0.05, 0) is 34.7 Å². The summed E-state index contributed by atoms with van der Waals surface area (Å²) in [6, 6.07) is 23.1. The third-order valence-corrected chi connectivity index (χ3v) is 9.74. The molecular formula is C43H48N2O14. The molecule has 1 unspecified atom stereocenters. The Hall–Kier alpha value is -6.29. The molecule has 1 aliphatic carbocycles. The van der Waals surface area contributed by atoms with Crippen molar-refractivity contribution in [3.05, 3.63) is 95.6 Å². The van der Waals surface area contributed by atoms with Gasteiger partial charge in [0.05, 0.1) is 12.5 Å². The number of alkyl carbamates (subject to hydrolysis) is 1. The Morgan fingerprint density at radius 1 is 0.644 bits per heavy atom. The molecule has 0 radical (unpaired) electrons. The van der Waals surface area contributed by atoms with Gasteiger partial charge in [0, 0.05) is 46.6 Å². The first-order valence-corrected chi connectivity index (χ1v) is 19.2. The first-order valence-electron chi connectivity index (χ1n) is 19.2. The number of esters is 5. The highest BCUT2D eigenvalue weighted by Gasteiger charge is 2.55. The van der Waals surface area contributed by atoms with Crippen LogP contribution in [0.15, 0.2) is 78.9 Å². The first kappa shape index (κ1) is 43.8. The number of hydrogen-bond donors (Lipinski definition) is 2. The minimum atomic E-state index is -1.65. The minimum Gasteiger partial charge on any atom is -0.464 e. The van der Waals surface area contributed by atoms with Crippen LogP contribution in [0.1, 0.15) is 57.2 Å². The van der Waals surface area contributed by atoms with Crippen molar-refractivity contribution in [1.82, 2.24) is 10.6 Å². The zero-order valence-electron chi connectivity index (χ0n) is 33.4. The maximum atomic E-state index is 14.6. The molecule has 1 aliphatic heterocycles. The second-order valence-electron chi connectivity index (χ2n) is 14.0. The smallest absolute Gasteiger partial charge is 0.407 e. The molecule has 2 aliphatic rings. The number of rotatable bonds is 16. The highest BCUT2D eigenvalue weighted by Crippen LogP contribution is 2.44. The highest BCUT2D eigenvalue weighted by atomic mass is 16.7. The Morgan fingerprint density at radius 3 is 1.78 bits per heavy atom. The lowest BCUT2D eigenvalue weighted by molar-refractivity contribution is -0.259. The van der Waals surface area contributed by atoms with Crippen LogP contribution in [-0.4, -0.2) is 105 Å². The summed E-state index contributed by atoms with van der Waals surface area (Å²) in [5.74, 6) is -6.79. The number of carbonyl (C=O) groups is 7. The predicted octanol–water partition coefficient (Wildman–Crippen LogP) is 3.56. The highest BCUT2D eigenvalue weighted by molar-refractivity contribution is 5.87. The molecule has 1 heterocycles. The lowest BCUT2D eigenvalue weighted by Crippen LogP contribution is -2.66. The third kappa shape index (κ3) is 11.4. The predicted molar refractivity (Wildman–Crippen MR) is 207 cm³/mol. The van der Waals surface area contributed by atoms with Crippen molar-refractivity contribution in [3.63, 3.8) is 0 Å². The lowest BCUT2D eigenvalue weighted by Gasteiger charge is -2.46. The van der Waals surface area contributed by atoms with Crippen molar-refractivity contribution >= 4 is 41.8 Å². The maximum absolute atomic E-state index is 14.6. The van der Waals surface area contributed by atoms with Gasteiger partial charge in [0.1, 0.15) is 31.5 Å². The van der Waals surface area contributed by atoms with Crippen molar-refractivity contribution < 1.29 is 66.7 Å². The Kier molecular flexibility index (Phi) is 15.2. The van der Waals surface area contributed by atoms with E-state index in [9.17, 15) is 33.6 Å². The van der Waals surface area contributed by atoms with Gasteiger partial charge in [0.2, 0.25) is 5.91 Å². The molecule has 0 bridgehead atoms. The summed E-state index contributed by atoms with van der Waals surface area (Å²) in [6.07, 6.45) is -8.64. The molecule has 3 aromatic rings. The quantitative estimate of drug-likeness (QED) is 0.157. The molecule has 3 aromatic carbocycles. The average molecular weight is 817 g/mol. The summed E-state index contributed by atoms with van der Waals surface area (Å²) in [4.78, 5) is 90.9. The van der Waals surface area contributed by atoms with Gasteiger partial charge in [0.25, 0.3) is 0 Å². The van der Waals surface area contributed by atoms with E-state index < -0.39 is 97.5 Å². The van der Waals surface area contributed by atoms with Gasteiger partial charge < -0.3 is 43.8 Å². The summed E-state index contributed by atoms with van der Waals surface area (Å²) in [6.45, 7) is 4.80. The molecule has 0 spiro atoms. The molecule has 1 saturated heterocycles. The van der Waals surface area contributed by atoms with Gasteiger partial charge in [0.15, 0.2) is 18.3 Å². The van der Waals surface area contributed by atoms with E-state index in [0.29, 0.717) is 5.56 Å². The molecule has 2 N–H and O–H groups in total. The van der Waals surface area contributed by atoms with E-state index in [1.54, 1.807) is 37.3 Å². The topological polar surface area (TPSA) is 208 Å². The second-order valence-corrected chi connectivity index (χ2v) is 14.0. The Morgan fingerprint density at radius 2 is 1.20 bits per heavy atom. The van der Waals surface area contributed by atoms with Crippen LogP contribution in [-0.2, 0) is 68.3 Å². The monoisotopic (exact) mass is 816 g/mol. The van der Waals surface area contributed by atoms with E-state index in [-0.39, 0.29) is 25.6 Å². The van der Waals surface area contributed by atoms with Crippen LogP contribution in [0.3, 0.4) is 0 Å². The van der Waals surface area contributed by atoms with Crippen molar-refractivity contribution in [2.45, 2.75) is 83.5 Å². The molecule has 0 aromatic heterocycles. The summed E-state index contributed by atoms with van der Waals surface area (Å²) in [5.41, 5.74) is 4.67. The zero-order valence-corrected chi connectivity index (χ0v) is 33.4. The third-order valence-electron chi connectivity index (χ3n) is 9.74. The van der Waals surface area contributed by atoms with Crippen LogP contribution in [0.5, 0.6) is 0 Å². The molecule has 16 nitrogen and oxygen atoms in total. The Bertz CT molecular complexity index is 1960. The maximum Gasteiger partial charge on any atom is 0.407 e. The Balaban J connectivity index is 1.49. The summed E-state index contributed by atoms with van der Waals surface area (Å²) < 4.78 is 39.3. The van der Waals surface area contributed by atoms with E-state index in [0.717, 1.165) is 49.9 Å². The molecule has 314 valence electrons. The average Bonchev–Trinajstić information content (AvgIpc) is 3.51. The van der Waals surface area contributed by atoms with Crippen molar-refractivity contribution in [2.24, 2.45) is 5.92 Å². The van der Waals surface area contributed by atoms with Gasteiger partial charge in [-0.2, -0.15) is 0 Å². The summed E-state index contributed by atoms with van der Waals surface area (Å²) in [5, 5.41) is 5.31. The van der Waals surface area contributed by atoms with E-state index in [2.05, 4.69) is 10.6 Å². The standard InChI is InChI=1S/C43H48N2O14/c1-6-53-42(51)35(20-28-14-8-7-9-15-28)45-41(50)33(21-44-43(52)55-22-34-31-18-12-10-16-29(31)30-17-11-13-19-32(30)34)37-39(57-26(4)48)40(58-27(5)49)38(56-25(3)47)36(59-37)23-54-24(2)46/h7-19,33-40H,6,20-23H2,1-5H3,(H,44,52)(H,45,50)/t33-,35?,36-,37-,38-,39+,40+/m1/s1. The lowest BCUT2D eigenvalue weighted by atomic mass is 9.86. The number of benzene rings is 3. The SMILES string of the molecule is CCOC(=O)C(Cc1ccccc1)NC(=O)[C@H](CNC(=O)OCC1c2ccccc2-c2ccccc21)[C@H]1O[C@H](COC(C)=O)[C@@H](OC(C)=O)[C@H](OC(C)=O)[C@H]1OC(C)=O. The van der Waals surface area contributed by atoms with E-state index >= 15 is 0 Å². The number of fused-ring (bicyclic) bond motifs is 3. The van der Waals surface area contributed by atoms with Crippen LogP contribution < -0.4 is 10.6 Å². The number of ether oxygens (including phenoxy) is 7. The van der Waals surface area contributed by atoms with Crippen molar-refractivity contribution in [3.8, 4) is 11.1 Å². The summed E-state index contributed by atoms with van der Waals surface area (Å²) in [7, 11) is 0. The van der Waals surface area contributed by atoms with Crippen LogP contribution >= 0.6 is 0 Å². The molecule has 1 fully saturated rings. The largest absolute Gasteiger partial charge is 0.464 e. The fraction of sp³-hybridized carbons (Fsp3) is 0.419. The number of nitrogens with one attached hydrogen (secondary N) is 2. The van der Waals surface area contributed by atoms with Crippen molar-refractivity contribution in [2.75, 3.05) is 26.4 Å². The summed E-state index contributed by atoms with van der Waals surface area (Å²) >= 11 is 0. The van der Waals surface area contributed by atoms with Crippen molar-refractivity contribution in [1.29, 1.82) is 0 Å². The normalized spacial score (nSPS) is 20.3. The van der Waals surface area contributed by atoms with Crippen LogP contribution in [0, 0.1) is 5.92 Å². The van der Waals surface area contributed by atoms with E-state index in [1.165, 1.54) is 0 Å². The molecular weight excluding hydrogens is 768 g/mol. The number of carbonyl (C=O) groups excluding carboxylic acids is 7. The number of hydrogen-bond acceptors (Lipinski definition) is 14. The zero-order chi connectivity index (χ0) is 42.6. The molecule has 0 saturated carbocycles. The molecule has 5 rings (SSSR count). The van der Waals surface area contributed by atoms with E-state index in [1.807, 2.05) is 48.5 Å². The molecule has 16 heteroatoms. The first-order chi connectivity index (χ1) is 28.3. The van der Waals surface area contributed by atoms with Gasteiger partial charge in [-0.25, -0.2) is 9.59 Å². The minimum absolute atomic E-state index is 0.00640. The fourth-order valence-corrected chi connectivity index (χ4v) is 7.35. The molecule has 7 atom stereocenters. The van der Waals surface area contributed by atoms with Crippen LogP contribution in [0.2, 0.25) is 0 Å². The molecule has 59 heavy (non-hydrogen) atoms. The van der Waals surface area contributed by atoms with Gasteiger partial charge >= 0.3 is 35.9 Å². The Labute approximate surface area is 341 Å². The molecule has 2 amide bonds. The van der Waals surface area contributed by atoms with Gasteiger partial charge in [-0.3, -0.25) is 24.0 Å². The fourth-order valence-electron chi connectivity index (χ4n) is 7.35. The second kappa shape index (κ2) is 20.4. The van der Waals surface area contributed by atoms with Gasteiger partial charge in [-0.1, -0.05) is 78.9 Å². The van der Waals surface area contributed by atoms with E-state index in [4.69, 9.17) is 33.2 Å². The van der Waals surface area contributed by atoms with Crippen LogP contribution in [0.4, 0.5) is 4.79 Å². The van der Waals surface area contributed by atoms with Crippen LogP contribution in [0.25, 0.3) is 11.1 Å².